The maximum Gasteiger partial charge on any atom is 0.325 e. The van der Waals surface area contributed by atoms with Crippen LogP contribution in [0.1, 0.15) is 175 Å². The van der Waals surface area contributed by atoms with Gasteiger partial charge in [-0.2, -0.15) is 0 Å². The van der Waals surface area contributed by atoms with E-state index in [1.165, 1.54) is 122 Å². The number of hydrogen-bond acceptors (Lipinski definition) is 3. The zero-order valence-corrected chi connectivity index (χ0v) is 25.4. The highest BCUT2D eigenvalue weighted by atomic mass is 35.5. The lowest BCUT2D eigenvalue weighted by molar-refractivity contribution is -0.141. The van der Waals surface area contributed by atoms with Gasteiger partial charge in [0.25, 0.3) is 0 Å². The van der Waals surface area contributed by atoms with Gasteiger partial charge in [-0.05, 0) is 31.4 Å². The molecule has 0 fully saturated rings. The average molecular weight is 546 g/mol. The maximum atomic E-state index is 11.4. The second-order valence-corrected chi connectivity index (χ2v) is 11.0. The number of rotatable bonds is 26. The fourth-order valence-electron chi connectivity index (χ4n) is 4.25. The Morgan fingerprint density at radius 3 is 1.16 bits per heavy atom. The number of carbonyl (C=O) groups is 3. The molecule has 0 heterocycles. The molecule has 0 saturated heterocycles. The van der Waals surface area contributed by atoms with E-state index in [2.05, 4.69) is 19.2 Å². The van der Waals surface area contributed by atoms with Gasteiger partial charge in [0.15, 0.2) is 0 Å². The fraction of sp³-hybridized carbons (Fsp3) is 0.903. The molecule has 0 aliphatic rings. The first-order chi connectivity index (χ1) is 17.8. The predicted octanol–water partition coefficient (Wildman–Crippen LogP) is 9.73. The lowest BCUT2D eigenvalue weighted by Crippen LogP contribution is -2.38. The second-order valence-electron chi connectivity index (χ2n) is 10.6. The number of hydrogen-bond donors (Lipinski definition) is 2. The molecule has 0 aromatic carbocycles. The molecule has 2 N–H and O–H groups in total. The van der Waals surface area contributed by atoms with Gasteiger partial charge in [-0.1, -0.05) is 142 Å². The summed E-state index contributed by atoms with van der Waals surface area (Å²) in [6, 6.07) is -0.787. The molecule has 5 nitrogen and oxygen atoms in total. The van der Waals surface area contributed by atoms with E-state index in [0.29, 0.717) is 12.8 Å². The van der Waals surface area contributed by atoms with E-state index in [1.807, 2.05) is 0 Å². The normalized spacial score (nSPS) is 11.5. The van der Waals surface area contributed by atoms with E-state index >= 15 is 0 Å². The van der Waals surface area contributed by atoms with Crippen molar-refractivity contribution in [2.24, 2.45) is 0 Å². The second kappa shape index (κ2) is 31.1. The Kier molecular flexibility index (Phi) is 32.0. The van der Waals surface area contributed by atoms with E-state index in [1.54, 1.807) is 0 Å². The van der Waals surface area contributed by atoms with Crippen LogP contribution in [0.25, 0.3) is 0 Å². The zero-order chi connectivity index (χ0) is 28.0. The first-order valence-corrected chi connectivity index (χ1v) is 15.9. The molecule has 0 aliphatic carbocycles. The van der Waals surface area contributed by atoms with Gasteiger partial charge in [0.1, 0.15) is 6.04 Å². The van der Waals surface area contributed by atoms with Crippen LogP contribution in [0.3, 0.4) is 0 Å². The standard InChI is InChI=1S/C17H33NO3.C14H27ClO/c1-3-4-5-6-7-8-9-10-11-12-13-14-16(19)18-15(2)17(20)21;1-2-3-4-5-6-7-8-9-10-11-12-13-14(15)16/h15H,3-14H2,1-2H3,(H,18,19)(H,20,21);2-13H2,1H3. The molecule has 0 spiro atoms. The molecule has 0 aromatic rings. The average Bonchev–Trinajstić information content (AvgIpc) is 2.86. The largest absolute Gasteiger partial charge is 0.480 e. The Morgan fingerprint density at radius 2 is 0.865 bits per heavy atom. The van der Waals surface area contributed by atoms with Gasteiger partial charge in [0, 0.05) is 12.8 Å². The first kappa shape index (κ1) is 38.0. The third-order valence-electron chi connectivity index (χ3n) is 6.73. The third-order valence-corrected chi connectivity index (χ3v) is 6.92. The molecule has 0 aliphatic heterocycles. The molecule has 0 rings (SSSR count). The molecular formula is C31H60ClNO4. The molecule has 6 heteroatoms. The summed E-state index contributed by atoms with van der Waals surface area (Å²) in [5.41, 5.74) is 0. The van der Waals surface area contributed by atoms with Gasteiger partial charge in [-0.25, -0.2) is 0 Å². The number of carboxylic acids is 1. The quantitative estimate of drug-likeness (QED) is 0.0836. The number of unbranched alkanes of at least 4 members (excludes halogenated alkanes) is 20. The number of halogens is 1. The summed E-state index contributed by atoms with van der Waals surface area (Å²) in [5.74, 6) is -1.14. The highest BCUT2D eigenvalue weighted by Crippen LogP contribution is 2.13. The smallest absolute Gasteiger partial charge is 0.325 e. The summed E-state index contributed by atoms with van der Waals surface area (Å²) in [4.78, 5) is 32.5. The molecule has 0 aromatic heterocycles. The molecule has 1 amide bonds. The van der Waals surface area contributed by atoms with Crippen molar-refractivity contribution >= 4 is 28.7 Å². The SMILES string of the molecule is CCCCCCCCCCCCCC(=O)Cl.CCCCCCCCCCCCCC(=O)NC(C)C(=O)O. The monoisotopic (exact) mass is 545 g/mol. The Labute approximate surface area is 234 Å². The van der Waals surface area contributed by atoms with Crippen LogP contribution in [-0.2, 0) is 14.4 Å². The lowest BCUT2D eigenvalue weighted by atomic mass is 10.1. The van der Waals surface area contributed by atoms with E-state index in [0.717, 1.165) is 25.7 Å². The van der Waals surface area contributed by atoms with E-state index in [4.69, 9.17) is 16.7 Å². The minimum absolute atomic E-state index is 0.152. The number of carboxylic acid groups (broad SMARTS) is 1. The highest BCUT2D eigenvalue weighted by Gasteiger charge is 2.13. The van der Waals surface area contributed by atoms with Crippen LogP contribution in [-0.4, -0.2) is 28.3 Å². The lowest BCUT2D eigenvalue weighted by Gasteiger charge is -2.08. The molecule has 220 valence electrons. The van der Waals surface area contributed by atoms with Crippen LogP contribution >= 0.6 is 11.6 Å². The van der Waals surface area contributed by atoms with Crippen molar-refractivity contribution in [2.45, 2.75) is 181 Å². The molecule has 0 saturated carbocycles. The summed E-state index contributed by atoms with van der Waals surface area (Å²) in [6.07, 6.45) is 29.2. The van der Waals surface area contributed by atoms with Crippen LogP contribution in [0, 0.1) is 0 Å². The van der Waals surface area contributed by atoms with Crippen molar-refractivity contribution in [1.29, 1.82) is 0 Å². The third kappa shape index (κ3) is 34.9. The van der Waals surface area contributed by atoms with Gasteiger partial charge < -0.3 is 10.4 Å². The maximum absolute atomic E-state index is 11.4. The summed E-state index contributed by atoms with van der Waals surface area (Å²) >= 11 is 5.26. The molecule has 0 bridgehead atoms. The summed E-state index contributed by atoms with van der Waals surface area (Å²) in [6.45, 7) is 5.98. The summed E-state index contributed by atoms with van der Waals surface area (Å²) < 4.78 is 0. The van der Waals surface area contributed by atoms with Crippen molar-refractivity contribution in [3.05, 3.63) is 0 Å². The summed E-state index contributed by atoms with van der Waals surface area (Å²) in [5, 5.41) is 11.0. The first-order valence-electron chi connectivity index (χ1n) is 15.6. The van der Waals surface area contributed by atoms with Crippen molar-refractivity contribution < 1.29 is 19.5 Å². The van der Waals surface area contributed by atoms with Crippen LogP contribution in [0.2, 0.25) is 0 Å². The number of nitrogens with one attached hydrogen (secondary N) is 1. The Balaban J connectivity index is 0. The van der Waals surface area contributed by atoms with Crippen molar-refractivity contribution in [3.8, 4) is 0 Å². The van der Waals surface area contributed by atoms with Gasteiger partial charge in [0.05, 0.1) is 0 Å². The molecular weight excluding hydrogens is 486 g/mol. The topological polar surface area (TPSA) is 83.5 Å². The van der Waals surface area contributed by atoms with Crippen LogP contribution in [0.5, 0.6) is 0 Å². The summed E-state index contributed by atoms with van der Waals surface area (Å²) in [7, 11) is 0. The van der Waals surface area contributed by atoms with Gasteiger partial charge in [0.2, 0.25) is 11.1 Å². The van der Waals surface area contributed by atoms with E-state index < -0.39 is 12.0 Å². The number of amides is 1. The Morgan fingerprint density at radius 1 is 0.568 bits per heavy atom. The molecule has 1 unspecified atom stereocenters. The van der Waals surface area contributed by atoms with Crippen molar-refractivity contribution in [1.82, 2.24) is 5.32 Å². The minimum Gasteiger partial charge on any atom is -0.480 e. The molecule has 37 heavy (non-hydrogen) atoms. The van der Waals surface area contributed by atoms with Crippen molar-refractivity contribution in [2.75, 3.05) is 0 Å². The van der Waals surface area contributed by atoms with Gasteiger partial charge in [-0.15, -0.1) is 0 Å². The minimum atomic E-state index is -0.984. The van der Waals surface area contributed by atoms with E-state index in [9.17, 15) is 14.4 Å². The number of carbonyl (C=O) groups excluding carboxylic acids is 2. The Hall–Kier alpha value is -1.10. The highest BCUT2D eigenvalue weighted by molar-refractivity contribution is 6.63. The Bertz CT molecular complexity index is 527. The predicted molar refractivity (Wildman–Crippen MR) is 158 cm³/mol. The number of aliphatic carboxylic acids is 1. The van der Waals surface area contributed by atoms with Crippen LogP contribution in [0.15, 0.2) is 0 Å². The van der Waals surface area contributed by atoms with Crippen LogP contribution in [0.4, 0.5) is 0 Å². The van der Waals surface area contributed by atoms with Gasteiger partial charge in [-0.3, -0.25) is 14.4 Å². The zero-order valence-electron chi connectivity index (χ0n) is 24.6. The molecule has 1 atom stereocenters. The molecule has 0 radical (unpaired) electrons. The van der Waals surface area contributed by atoms with Crippen LogP contribution < -0.4 is 5.32 Å². The van der Waals surface area contributed by atoms with Gasteiger partial charge >= 0.3 is 5.97 Å². The van der Waals surface area contributed by atoms with Crippen molar-refractivity contribution in [3.63, 3.8) is 0 Å². The van der Waals surface area contributed by atoms with E-state index in [-0.39, 0.29) is 11.1 Å². The fourth-order valence-corrected chi connectivity index (χ4v) is 4.39.